The SMILES string of the molecule is NC(CCc1ccccc1)c1nc(-c2ncccn2)no1. The summed E-state index contributed by atoms with van der Waals surface area (Å²) in [7, 11) is 0. The number of aryl methyl sites for hydroxylation is 1. The van der Waals surface area contributed by atoms with Crippen LogP contribution in [-0.4, -0.2) is 20.1 Å². The van der Waals surface area contributed by atoms with Crippen LogP contribution in [0.2, 0.25) is 0 Å². The van der Waals surface area contributed by atoms with Gasteiger partial charge in [-0.3, -0.25) is 0 Å². The lowest BCUT2D eigenvalue weighted by Crippen LogP contribution is -2.11. The van der Waals surface area contributed by atoms with Crippen molar-refractivity contribution in [2.24, 2.45) is 5.73 Å². The maximum absolute atomic E-state index is 6.10. The van der Waals surface area contributed by atoms with Crippen molar-refractivity contribution in [3.05, 3.63) is 60.2 Å². The summed E-state index contributed by atoms with van der Waals surface area (Å²) in [5, 5.41) is 3.87. The van der Waals surface area contributed by atoms with Gasteiger partial charge in [0.25, 0.3) is 0 Å². The summed E-state index contributed by atoms with van der Waals surface area (Å²) in [4.78, 5) is 12.4. The number of nitrogens with zero attached hydrogens (tertiary/aromatic N) is 4. The quantitative estimate of drug-likeness (QED) is 0.770. The van der Waals surface area contributed by atoms with Gasteiger partial charge in [-0.1, -0.05) is 35.5 Å². The molecule has 1 aromatic carbocycles. The Labute approximate surface area is 122 Å². The van der Waals surface area contributed by atoms with Gasteiger partial charge in [-0.25, -0.2) is 9.97 Å². The van der Waals surface area contributed by atoms with E-state index in [0.717, 1.165) is 12.8 Å². The van der Waals surface area contributed by atoms with E-state index in [1.807, 2.05) is 18.2 Å². The normalized spacial score (nSPS) is 12.2. The van der Waals surface area contributed by atoms with Crippen LogP contribution in [0, 0.1) is 0 Å². The number of rotatable bonds is 5. The second kappa shape index (κ2) is 6.23. The number of benzene rings is 1. The molecule has 3 rings (SSSR count). The molecule has 106 valence electrons. The maximum Gasteiger partial charge on any atom is 0.243 e. The van der Waals surface area contributed by atoms with Crippen LogP contribution in [0.25, 0.3) is 11.6 Å². The van der Waals surface area contributed by atoms with E-state index in [1.54, 1.807) is 18.5 Å². The molecule has 0 aliphatic rings. The van der Waals surface area contributed by atoms with Gasteiger partial charge in [0.1, 0.15) is 0 Å². The lowest BCUT2D eigenvalue weighted by molar-refractivity contribution is 0.349. The van der Waals surface area contributed by atoms with Crippen LogP contribution in [0.15, 0.2) is 53.3 Å². The zero-order chi connectivity index (χ0) is 14.5. The van der Waals surface area contributed by atoms with Gasteiger partial charge >= 0.3 is 0 Å². The maximum atomic E-state index is 6.10. The second-order valence-electron chi connectivity index (χ2n) is 4.66. The molecule has 0 spiro atoms. The van der Waals surface area contributed by atoms with E-state index in [0.29, 0.717) is 17.5 Å². The van der Waals surface area contributed by atoms with Crippen LogP contribution in [0.3, 0.4) is 0 Å². The number of aromatic nitrogens is 4. The number of hydrogen-bond donors (Lipinski definition) is 1. The van der Waals surface area contributed by atoms with Crippen molar-refractivity contribution in [2.75, 3.05) is 0 Å². The molecule has 21 heavy (non-hydrogen) atoms. The van der Waals surface area contributed by atoms with Crippen LogP contribution in [0.5, 0.6) is 0 Å². The highest BCUT2D eigenvalue weighted by atomic mass is 16.5. The Kier molecular flexibility index (Phi) is 3.97. The van der Waals surface area contributed by atoms with Crippen molar-refractivity contribution in [3.8, 4) is 11.6 Å². The summed E-state index contributed by atoms with van der Waals surface area (Å²) in [5.74, 6) is 1.21. The van der Waals surface area contributed by atoms with Crippen LogP contribution < -0.4 is 5.73 Å². The Morgan fingerprint density at radius 3 is 2.52 bits per heavy atom. The van der Waals surface area contributed by atoms with Gasteiger partial charge in [-0.15, -0.1) is 0 Å². The first-order chi connectivity index (χ1) is 10.3. The molecule has 0 fully saturated rings. The van der Waals surface area contributed by atoms with Crippen LogP contribution in [-0.2, 0) is 6.42 Å². The number of hydrogen-bond acceptors (Lipinski definition) is 6. The first-order valence-corrected chi connectivity index (χ1v) is 6.73. The Balaban J connectivity index is 1.66. The van der Waals surface area contributed by atoms with Gasteiger partial charge in [0.05, 0.1) is 6.04 Å². The van der Waals surface area contributed by atoms with Gasteiger partial charge in [0.15, 0.2) is 0 Å². The van der Waals surface area contributed by atoms with E-state index in [9.17, 15) is 0 Å². The Morgan fingerprint density at radius 1 is 1.00 bits per heavy atom. The van der Waals surface area contributed by atoms with E-state index < -0.39 is 0 Å². The van der Waals surface area contributed by atoms with Gasteiger partial charge in [-0.2, -0.15) is 4.98 Å². The van der Waals surface area contributed by atoms with Crippen LogP contribution >= 0.6 is 0 Å². The molecule has 0 radical (unpaired) electrons. The third-order valence-electron chi connectivity index (χ3n) is 3.11. The molecule has 0 saturated heterocycles. The lowest BCUT2D eigenvalue weighted by Gasteiger charge is -2.06. The lowest BCUT2D eigenvalue weighted by atomic mass is 10.1. The fourth-order valence-electron chi connectivity index (χ4n) is 1.98. The van der Waals surface area contributed by atoms with Crippen molar-refractivity contribution in [2.45, 2.75) is 18.9 Å². The Morgan fingerprint density at radius 2 is 1.76 bits per heavy atom. The molecule has 6 nitrogen and oxygen atoms in total. The van der Waals surface area contributed by atoms with Crippen LogP contribution in [0.1, 0.15) is 23.9 Å². The van der Waals surface area contributed by atoms with Crippen molar-refractivity contribution < 1.29 is 4.52 Å². The minimum Gasteiger partial charge on any atom is -0.337 e. The third-order valence-corrected chi connectivity index (χ3v) is 3.11. The van der Waals surface area contributed by atoms with Gasteiger partial charge in [0.2, 0.25) is 17.5 Å². The van der Waals surface area contributed by atoms with Gasteiger partial charge in [0, 0.05) is 12.4 Å². The Bertz CT molecular complexity index is 684. The molecule has 6 heteroatoms. The zero-order valence-electron chi connectivity index (χ0n) is 11.4. The molecule has 2 N–H and O–H groups in total. The molecule has 0 aliphatic carbocycles. The molecule has 1 unspecified atom stereocenters. The molecule has 0 bridgehead atoms. The summed E-state index contributed by atoms with van der Waals surface area (Å²) in [6.07, 6.45) is 4.87. The van der Waals surface area contributed by atoms with Crippen molar-refractivity contribution >= 4 is 0 Å². The fourth-order valence-corrected chi connectivity index (χ4v) is 1.98. The highest BCUT2D eigenvalue weighted by molar-refractivity contribution is 5.40. The zero-order valence-corrected chi connectivity index (χ0v) is 11.4. The summed E-state index contributed by atoms with van der Waals surface area (Å²) in [5.41, 5.74) is 7.33. The van der Waals surface area contributed by atoms with Crippen molar-refractivity contribution in [1.82, 2.24) is 20.1 Å². The average molecular weight is 281 g/mol. The smallest absolute Gasteiger partial charge is 0.243 e. The first-order valence-electron chi connectivity index (χ1n) is 6.73. The van der Waals surface area contributed by atoms with E-state index in [1.165, 1.54) is 5.56 Å². The summed E-state index contributed by atoms with van der Waals surface area (Å²) < 4.78 is 5.20. The summed E-state index contributed by atoms with van der Waals surface area (Å²) in [6, 6.07) is 11.6. The average Bonchev–Trinajstić information content (AvgIpc) is 3.04. The molecular weight excluding hydrogens is 266 g/mol. The van der Waals surface area contributed by atoms with E-state index in [-0.39, 0.29) is 6.04 Å². The van der Waals surface area contributed by atoms with Crippen LogP contribution in [0.4, 0.5) is 0 Å². The summed E-state index contributed by atoms with van der Waals surface area (Å²) in [6.45, 7) is 0. The van der Waals surface area contributed by atoms with Gasteiger partial charge < -0.3 is 10.3 Å². The Hall–Kier alpha value is -2.60. The second-order valence-corrected chi connectivity index (χ2v) is 4.66. The van der Waals surface area contributed by atoms with E-state index in [4.69, 9.17) is 10.3 Å². The molecule has 2 aromatic heterocycles. The minimum atomic E-state index is -0.296. The molecule has 3 aromatic rings. The monoisotopic (exact) mass is 281 g/mol. The molecule has 0 aliphatic heterocycles. The fraction of sp³-hybridized carbons (Fsp3) is 0.200. The molecule has 0 saturated carbocycles. The molecule has 2 heterocycles. The van der Waals surface area contributed by atoms with Crippen molar-refractivity contribution in [3.63, 3.8) is 0 Å². The highest BCUT2D eigenvalue weighted by Gasteiger charge is 2.16. The van der Waals surface area contributed by atoms with E-state index >= 15 is 0 Å². The number of nitrogens with two attached hydrogens (primary N) is 1. The van der Waals surface area contributed by atoms with E-state index in [2.05, 4.69) is 32.2 Å². The molecular formula is C15H15N5O. The highest BCUT2D eigenvalue weighted by Crippen LogP contribution is 2.17. The molecule has 1 atom stereocenters. The van der Waals surface area contributed by atoms with Crippen molar-refractivity contribution in [1.29, 1.82) is 0 Å². The topological polar surface area (TPSA) is 90.7 Å². The van der Waals surface area contributed by atoms with Gasteiger partial charge in [-0.05, 0) is 24.5 Å². The standard InChI is InChI=1S/C15H15N5O/c16-12(8-7-11-5-2-1-3-6-11)15-19-14(20-21-15)13-17-9-4-10-18-13/h1-6,9-10,12H,7-8,16H2. The minimum absolute atomic E-state index is 0.296. The first kappa shape index (κ1) is 13.4. The largest absolute Gasteiger partial charge is 0.337 e. The summed E-state index contributed by atoms with van der Waals surface area (Å²) >= 11 is 0. The predicted molar refractivity (Wildman–Crippen MR) is 77.0 cm³/mol. The predicted octanol–water partition coefficient (Wildman–Crippen LogP) is 2.16. The third kappa shape index (κ3) is 3.29. The molecule has 0 amide bonds.